The van der Waals surface area contributed by atoms with Crippen molar-refractivity contribution in [2.24, 2.45) is 5.14 Å². The first-order valence-electron chi connectivity index (χ1n) is 5.67. The maximum absolute atomic E-state index is 13.6. The van der Waals surface area contributed by atoms with E-state index in [1.807, 2.05) is 0 Å². The highest BCUT2D eigenvalue weighted by atomic mass is 32.2. The second-order valence-corrected chi connectivity index (χ2v) is 8.36. The van der Waals surface area contributed by atoms with Crippen molar-refractivity contribution in [2.75, 3.05) is 25.6 Å². The molecule has 0 fully saturated rings. The van der Waals surface area contributed by atoms with Crippen LogP contribution in [0.5, 0.6) is 0 Å². The molecule has 0 spiro atoms. The van der Waals surface area contributed by atoms with Gasteiger partial charge in [-0.05, 0) is 18.2 Å². The summed E-state index contributed by atoms with van der Waals surface area (Å²) >= 11 is 0. The largest absolute Gasteiger partial charge is 0.341 e. The first-order valence-corrected chi connectivity index (χ1v) is 9.28. The van der Waals surface area contributed by atoms with Crippen LogP contribution in [-0.2, 0) is 19.9 Å². The molecule has 0 heterocycles. The van der Waals surface area contributed by atoms with Crippen LogP contribution in [-0.4, -0.2) is 53.2 Å². The number of carbonyl (C=O) groups excluding carboxylic acids is 1. The second kappa shape index (κ2) is 6.08. The van der Waals surface area contributed by atoms with Gasteiger partial charge in [0.2, 0.25) is 10.0 Å². The first-order chi connectivity index (χ1) is 9.42. The Bertz CT molecular complexity index is 759. The van der Waals surface area contributed by atoms with Gasteiger partial charge < -0.3 is 4.90 Å². The van der Waals surface area contributed by atoms with Crippen molar-refractivity contribution in [3.63, 3.8) is 0 Å². The quantitative estimate of drug-likeness (QED) is 0.784. The van der Waals surface area contributed by atoms with Crippen LogP contribution in [0.4, 0.5) is 4.39 Å². The van der Waals surface area contributed by atoms with E-state index in [-0.39, 0.29) is 12.3 Å². The van der Waals surface area contributed by atoms with Gasteiger partial charge in [-0.25, -0.2) is 26.4 Å². The van der Waals surface area contributed by atoms with Gasteiger partial charge in [0.15, 0.2) is 0 Å². The maximum Gasteiger partial charge on any atom is 0.256 e. The number of nitrogens with zero attached hydrogens (tertiary/aromatic N) is 1. The number of primary sulfonamides is 1. The normalized spacial score (nSPS) is 12.2. The Morgan fingerprint density at radius 3 is 2.33 bits per heavy atom. The monoisotopic (exact) mass is 338 g/mol. The van der Waals surface area contributed by atoms with Gasteiger partial charge in [0.05, 0.1) is 16.2 Å². The Morgan fingerprint density at radius 1 is 1.29 bits per heavy atom. The van der Waals surface area contributed by atoms with Crippen LogP contribution < -0.4 is 5.14 Å². The predicted octanol–water partition coefficient (Wildman–Crippen LogP) is -0.410. The molecule has 0 unspecified atom stereocenters. The molecular formula is C11H15FN2O5S2. The average molecular weight is 338 g/mol. The van der Waals surface area contributed by atoms with Crippen molar-refractivity contribution in [1.29, 1.82) is 0 Å². The Hall–Kier alpha value is -1.52. The van der Waals surface area contributed by atoms with Crippen LogP contribution in [0, 0.1) is 5.82 Å². The van der Waals surface area contributed by atoms with E-state index in [9.17, 15) is 26.0 Å². The zero-order valence-corrected chi connectivity index (χ0v) is 13.0. The molecule has 0 radical (unpaired) electrons. The predicted molar refractivity (Wildman–Crippen MR) is 74.4 cm³/mol. The molecule has 0 atom stereocenters. The smallest absolute Gasteiger partial charge is 0.256 e. The Labute approximate surface area is 122 Å². The molecule has 0 bridgehead atoms. The fraction of sp³-hybridized carbons (Fsp3) is 0.364. The summed E-state index contributed by atoms with van der Waals surface area (Å²) < 4.78 is 58.1. The molecule has 0 aliphatic carbocycles. The van der Waals surface area contributed by atoms with E-state index in [0.29, 0.717) is 0 Å². The Kier molecular flexibility index (Phi) is 5.07. The number of nitrogens with two attached hydrogens (primary N) is 1. The lowest BCUT2D eigenvalue weighted by atomic mass is 10.2. The minimum Gasteiger partial charge on any atom is -0.341 e. The third-order valence-electron chi connectivity index (χ3n) is 2.64. The molecule has 1 aromatic carbocycles. The molecule has 0 aliphatic heterocycles. The first kappa shape index (κ1) is 17.5. The fourth-order valence-corrected chi connectivity index (χ4v) is 2.60. The molecular weight excluding hydrogens is 323 g/mol. The van der Waals surface area contributed by atoms with Crippen LogP contribution in [0.3, 0.4) is 0 Å². The number of amides is 1. The lowest BCUT2D eigenvalue weighted by molar-refractivity contribution is 0.0798. The minimum atomic E-state index is -4.07. The van der Waals surface area contributed by atoms with Gasteiger partial charge in [0, 0.05) is 19.8 Å². The molecule has 1 aromatic rings. The minimum absolute atomic E-state index is 0.142. The number of sulfonamides is 1. The molecule has 0 saturated heterocycles. The van der Waals surface area contributed by atoms with E-state index >= 15 is 0 Å². The Morgan fingerprint density at radius 2 is 1.86 bits per heavy atom. The average Bonchev–Trinajstić information content (AvgIpc) is 2.33. The number of rotatable bonds is 5. The van der Waals surface area contributed by atoms with E-state index < -0.39 is 42.0 Å². The van der Waals surface area contributed by atoms with Crippen LogP contribution >= 0.6 is 0 Å². The lowest BCUT2D eigenvalue weighted by Crippen LogP contribution is -2.32. The summed E-state index contributed by atoms with van der Waals surface area (Å²) in [5, 5.41) is 4.91. The molecule has 21 heavy (non-hydrogen) atoms. The Balaban J connectivity index is 3.07. The van der Waals surface area contributed by atoms with Crippen LogP contribution in [0.25, 0.3) is 0 Å². The number of hydrogen-bond donors (Lipinski definition) is 1. The zero-order valence-electron chi connectivity index (χ0n) is 11.4. The third-order valence-corrected chi connectivity index (χ3v) is 4.48. The molecule has 0 aliphatic rings. The van der Waals surface area contributed by atoms with Crippen molar-refractivity contribution < 1.29 is 26.0 Å². The standard InChI is InChI=1S/C11H15FN2O5S2/c1-14(5-6-20(2,16)17)11(15)9-7-8(21(13,18)19)3-4-10(9)12/h3-4,7H,5-6H2,1-2H3,(H2,13,18,19). The van der Waals surface area contributed by atoms with E-state index in [4.69, 9.17) is 5.14 Å². The van der Waals surface area contributed by atoms with Crippen LogP contribution in [0.15, 0.2) is 23.1 Å². The van der Waals surface area contributed by atoms with Gasteiger partial charge in [-0.2, -0.15) is 0 Å². The highest BCUT2D eigenvalue weighted by molar-refractivity contribution is 7.90. The summed E-state index contributed by atoms with van der Waals surface area (Å²) in [6, 6.07) is 2.58. The number of carbonyl (C=O) groups is 1. The second-order valence-electron chi connectivity index (χ2n) is 4.54. The molecule has 1 rings (SSSR count). The summed E-state index contributed by atoms with van der Waals surface area (Å²) in [5.41, 5.74) is -0.488. The molecule has 2 N–H and O–H groups in total. The van der Waals surface area contributed by atoms with Gasteiger partial charge >= 0.3 is 0 Å². The molecule has 0 saturated carbocycles. The number of benzene rings is 1. The molecule has 10 heteroatoms. The van der Waals surface area contributed by atoms with E-state index in [1.54, 1.807) is 0 Å². The zero-order chi connectivity index (χ0) is 16.4. The van der Waals surface area contributed by atoms with Crippen LogP contribution in [0.2, 0.25) is 0 Å². The number of halogens is 1. The topological polar surface area (TPSA) is 115 Å². The van der Waals surface area contributed by atoms with Gasteiger partial charge in [0.25, 0.3) is 5.91 Å². The molecule has 7 nitrogen and oxygen atoms in total. The van der Waals surface area contributed by atoms with E-state index in [0.717, 1.165) is 29.4 Å². The van der Waals surface area contributed by atoms with Crippen molar-refractivity contribution >= 4 is 25.8 Å². The van der Waals surface area contributed by atoms with Gasteiger partial charge in [-0.1, -0.05) is 0 Å². The lowest BCUT2D eigenvalue weighted by Gasteiger charge is -2.17. The summed E-state index contributed by atoms with van der Waals surface area (Å²) in [4.78, 5) is 12.6. The molecule has 118 valence electrons. The number of hydrogen-bond acceptors (Lipinski definition) is 5. The summed E-state index contributed by atoms with van der Waals surface area (Å²) in [5.74, 6) is -2.04. The van der Waals surface area contributed by atoms with Gasteiger partial charge in [0.1, 0.15) is 15.7 Å². The van der Waals surface area contributed by atoms with Crippen molar-refractivity contribution in [1.82, 2.24) is 4.90 Å². The summed E-state index contributed by atoms with van der Waals surface area (Å²) in [7, 11) is -6.06. The highest BCUT2D eigenvalue weighted by Gasteiger charge is 2.20. The summed E-state index contributed by atoms with van der Waals surface area (Å²) in [6.07, 6.45) is 1.01. The third kappa shape index (κ3) is 5.06. The number of sulfone groups is 1. The van der Waals surface area contributed by atoms with Crippen molar-refractivity contribution in [3.05, 3.63) is 29.6 Å². The van der Waals surface area contributed by atoms with Crippen LogP contribution in [0.1, 0.15) is 10.4 Å². The highest BCUT2D eigenvalue weighted by Crippen LogP contribution is 2.15. The SMILES string of the molecule is CN(CCS(C)(=O)=O)C(=O)c1cc(S(N)(=O)=O)ccc1F. The van der Waals surface area contributed by atoms with E-state index in [2.05, 4.69) is 0 Å². The fourth-order valence-electron chi connectivity index (χ4n) is 1.46. The van der Waals surface area contributed by atoms with Crippen molar-refractivity contribution in [2.45, 2.75) is 4.90 Å². The van der Waals surface area contributed by atoms with Gasteiger partial charge in [-0.15, -0.1) is 0 Å². The molecule has 0 aromatic heterocycles. The van der Waals surface area contributed by atoms with E-state index in [1.165, 1.54) is 7.05 Å². The molecule has 1 amide bonds. The maximum atomic E-state index is 13.6. The summed E-state index contributed by atoms with van der Waals surface area (Å²) in [6.45, 7) is -0.142. The van der Waals surface area contributed by atoms with Gasteiger partial charge in [-0.3, -0.25) is 4.79 Å². The van der Waals surface area contributed by atoms with Crippen molar-refractivity contribution in [3.8, 4) is 0 Å².